The molecule has 37 heavy (non-hydrogen) atoms. The van der Waals surface area contributed by atoms with E-state index in [1.165, 1.54) is 42.7 Å². The summed E-state index contributed by atoms with van der Waals surface area (Å²) in [5.74, 6) is 1.74. The molecule has 1 aromatic heterocycles. The van der Waals surface area contributed by atoms with Crippen LogP contribution in [0.3, 0.4) is 0 Å². The third kappa shape index (κ3) is 7.09. The first-order valence-corrected chi connectivity index (χ1v) is 16.3. The smallest absolute Gasteiger partial charge is 0.272 e. The van der Waals surface area contributed by atoms with Gasteiger partial charge in [0.05, 0.1) is 6.26 Å². The molecule has 3 heterocycles. The second kappa shape index (κ2) is 12.5. The number of hydrogen-bond acceptors (Lipinski definition) is 6. The molecule has 1 amide bonds. The molecule has 1 aromatic rings. The molecule has 2 aliphatic heterocycles. The Hall–Kier alpha value is -1.58. The third-order valence-corrected chi connectivity index (χ3v) is 10.9. The van der Waals surface area contributed by atoms with Crippen LogP contribution in [0.25, 0.3) is 0 Å². The first-order chi connectivity index (χ1) is 17.7. The maximum atomic E-state index is 13.4. The van der Waals surface area contributed by atoms with E-state index in [4.69, 9.17) is 0 Å². The maximum absolute atomic E-state index is 13.4. The Bertz CT molecular complexity index is 1010. The largest absolute Gasteiger partial charge is 0.337 e. The lowest BCUT2D eigenvalue weighted by Gasteiger charge is -2.43. The number of nitrogens with zero attached hydrogens (tertiary/aromatic N) is 5. The van der Waals surface area contributed by atoms with Gasteiger partial charge in [-0.2, -0.15) is 0 Å². The Balaban J connectivity index is 1.26. The Kier molecular flexibility index (Phi) is 9.62. The van der Waals surface area contributed by atoms with E-state index in [1.54, 1.807) is 13.4 Å². The van der Waals surface area contributed by atoms with Crippen LogP contribution in [-0.4, -0.2) is 90.0 Å². The van der Waals surface area contributed by atoms with Crippen molar-refractivity contribution in [2.45, 2.75) is 96.6 Å². The Morgan fingerprint density at radius 1 is 0.973 bits per heavy atom. The van der Waals surface area contributed by atoms with E-state index in [0.717, 1.165) is 87.8 Å². The van der Waals surface area contributed by atoms with Gasteiger partial charge >= 0.3 is 0 Å². The van der Waals surface area contributed by atoms with Gasteiger partial charge in [0.2, 0.25) is 10.0 Å². The number of carbonyl (C=O) groups excluding carboxylic acids is 1. The number of amides is 1. The van der Waals surface area contributed by atoms with E-state index >= 15 is 0 Å². The minimum Gasteiger partial charge on any atom is -0.337 e. The fourth-order valence-electron chi connectivity index (χ4n) is 6.69. The Morgan fingerprint density at radius 3 is 2.19 bits per heavy atom. The monoisotopic (exact) mass is 533 g/mol. The maximum Gasteiger partial charge on any atom is 0.272 e. The Morgan fingerprint density at radius 2 is 1.59 bits per heavy atom. The standard InChI is InChI=1S/C28H47N5O3S/c1-5-22-6-8-23(9-7-22)10-11-26-21(2)27(30-20-29-26)28(34)33-18-14-25(15-19-33)32-16-12-24(13-17-32)31(3)37(4,35)36/h20,22-25H,5-19H2,1-4H3. The molecule has 3 fully saturated rings. The molecular weight excluding hydrogens is 486 g/mol. The van der Waals surface area contributed by atoms with Crippen LogP contribution in [-0.2, 0) is 16.4 Å². The normalized spacial score (nSPS) is 25.1. The highest BCUT2D eigenvalue weighted by atomic mass is 32.2. The lowest BCUT2D eigenvalue weighted by atomic mass is 9.79. The number of hydrogen-bond donors (Lipinski definition) is 0. The van der Waals surface area contributed by atoms with Gasteiger partial charge in [-0.3, -0.25) is 4.79 Å². The summed E-state index contributed by atoms with van der Waals surface area (Å²) >= 11 is 0. The molecule has 208 valence electrons. The summed E-state index contributed by atoms with van der Waals surface area (Å²) < 4.78 is 25.3. The van der Waals surface area contributed by atoms with Crippen molar-refractivity contribution < 1.29 is 13.2 Å². The molecule has 0 unspecified atom stereocenters. The van der Waals surface area contributed by atoms with Crippen molar-refractivity contribution >= 4 is 15.9 Å². The first-order valence-electron chi connectivity index (χ1n) is 14.4. The van der Waals surface area contributed by atoms with Gasteiger partial charge in [-0.1, -0.05) is 39.0 Å². The van der Waals surface area contributed by atoms with E-state index in [2.05, 4.69) is 21.8 Å². The minimum absolute atomic E-state index is 0.0385. The van der Waals surface area contributed by atoms with Gasteiger partial charge in [0.25, 0.3) is 5.91 Å². The van der Waals surface area contributed by atoms with Crippen molar-refractivity contribution in [3.8, 4) is 0 Å². The lowest BCUT2D eigenvalue weighted by molar-refractivity contribution is 0.0542. The van der Waals surface area contributed by atoms with Gasteiger partial charge in [-0.05, 0) is 70.4 Å². The second-order valence-corrected chi connectivity index (χ2v) is 13.7. The first kappa shape index (κ1) is 28.4. The summed E-state index contributed by atoms with van der Waals surface area (Å²) in [6.45, 7) is 7.63. The number of aryl methyl sites for hydroxylation is 1. The zero-order valence-electron chi connectivity index (χ0n) is 23.4. The SMILES string of the molecule is CCC1CCC(CCc2ncnc(C(=O)N3CCC(N4CCC(N(C)S(C)(=O)=O)CC4)CC3)c2C)CC1. The summed E-state index contributed by atoms with van der Waals surface area (Å²) in [7, 11) is -1.45. The lowest BCUT2D eigenvalue weighted by Crippen LogP contribution is -2.52. The molecule has 2 saturated heterocycles. The zero-order chi connectivity index (χ0) is 26.6. The van der Waals surface area contributed by atoms with Crippen LogP contribution in [0.2, 0.25) is 0 Å². The molecule has 1 saturated carbocycles. The summed E-state index contributed by atoms with van der Waals surface area (Å²) in [4.78, 5) is 26.8. The van der Waals surface area contributed by atoms with E-state index in [-0.39, 0.29) is 11.9 Å². The molecule has 0 radical (unpaired) electrons. The quantitative estimate of drug-likeness (QED) is 0.504. The molecule has 4 rings (SSSR count). The zero-order valence-corrected chi connectivity index (χ0v) is 24.2. The van der Waals surface area contributed by atoms with Crippen LogP contribution >= 0.6 is 0 Å². The molecule has 0 aromatic carbocycles. The average molecular weight is 534 g/mol. The van der Waals surface area contributed by atoms with E-state index < -0.39 is 10.0 Å². The number of rotatable bonds is 8. The van der Waals surface area contributed by atoms with Gasteiger partial charge in [0.15, 0.2) is 0 Å². The predicted octanol–water partition coefficient (Wildman–Crippen LogP) is 3.89. The van der Waals surface area contributed by atoms with Crippen LogP contribution in [0, 0.1) is 18.8 Å². The molecule has 3 aliphatic rings. The highest BCUT2D eigenvalue weighted by molar-refractivity contribution is 7.88. The summed E-state index contributed by atoms with van der Waals surface area (Å²) in [5.41, 5.74) is 2.56. The number of likely N-dealkylation sites (tertiary alicyclic amines) is 2. The molecule has 1 aliphatic carbocycles. The highest BCUT2D eigenvalue weighted by Crippen LogP contribution is 2.33. The number of aromatic nitrogens is 2. The fraction of sp³-hybridized carbons (Fsp3) is 0.821. The summed E-state index contributed by atoms with van der Waals surface area (Å²) in [5, 5.41) is 0. The fourth-order valence-corrected chi connectivity index (χ4v) is 7.45. The van der Waals surface area contributed by atoms with Crippen LogP contribution in [0.5, 0.6) is 0 Å². The number of carbonyl (C=O) groups is 1. The molecule has 0 atom stereocenters. The molecule has 8 nitrogen and oxygen atoms in total. The summed E-state index contributed by atoms with van der Waals surface area (Å²) in [6, 6.07) is 0.549. The van der Waals surface area contributed by atoms with Crippen molar-refractivity contribution in [1.82, 2.24) is 24.1 Å². The van der Waals surface area contributed by atoms with Gasteiger partial charge in [-0.25, -0.2) is 22.7 Å². The highest BCUT2D eigenvalue weighted by Gasteiger charge is 2.33. The molecule has 0 N–H and O–H groups in total. The van der Waals surface area contributed by atoms with E-state index in [1.807, 2.05) is 11.8 Å². The van der Waals surface area contributed by atoms with Crippen LogP contribution < -0.4 is 0 Å². The van der Waals surface area contributed by atoms with Gasteiger partial charge in [0.1, 0.15) is 12.0 Å². The van der Waals surface area contributed by atoms with Crippen molar-refractivity contribution in [1.29, 1.82) is 0 Å². The van der Waals surface area contributed by atoms with Crippen molar-refractivity contribution in [3.05, 3.63) is 23.3 Å². The molecule has 0 bridgehead atoms. The molecular formula is C28H47N5O3S. The van der Waals surface area contributed by atoms with Crippen LogP contribution in [0.4, 0.5) is 0 Å². The summed E-state index contributed by atoms with van der Waals surface area (Å²) in [6.07, 6.45) is 15.3. The van der Waals surface area contributed by atoms with Crippen LogP contribution in [0.1, 0.15) is 92.9 Å². The van der Waals surface area contributed by atoms with Gasteiger partial charge in [0, 0.05) is 43.5 Å². The van der Waals surface area contributed by atoms with E-state index in [9.17, 15) is 13.2 Å². The predicted molar refractivity (Wildman–Crippen MR) is 147 cm³/mol. The third-order valence-electron chi connectivity index (χ3n) is 9.53. The average Bonchev–Trinajstić information content (AvgIpc) is 2.91. The van der Waals surface area contributed by atoms with Gasteiger partial charge in [-0.15, -0.1) is 0 Å². The number of piperidine rings is 2. The number of sulfonamides is 1. The molecule has 0 spiro atoms. The van der Waals surface area contributed by atoms with Crippen molar-refractivity contribution in [2.24, 2.45) is 11.8 Å². The molecule has 9 heteroatoms. The Labute approximate surface area is 224 Å². The van der Waals surface area contributed by atoms with E-state index in [0.29, 0.717) is 11.7 Å². The second-order valence-electron chi connectivity index (χ2n) is 11.7. The van der Waals surface area contributed by atoms with Gasteiger partial charge < -0.3 is 9.80 Å². The van der Waals surface area contributed by atoms with Crippen LogP contribution in [0.15, 0.2) is 6.33 Å². The minimum atomic E-state index is -3.15. The van der Waals surface area contributed by atoms with Crippen molar-refractivity contribution in [3.63, 3.8) is 0 Å². The van der Waals surface area contributed by atoms with Crippen molar-refractivity contribution in [2.75, 3.05) is 39.5 Å². The topological polar surface area (TPSA) is 86.7 Å².